The van der Waals surface area contributed by atoms with Gasteiger partial charge in [-0.2, -0.15) is 0 Å². The molecule has 0 radical (unpaired) electrons. The van der Waals surface area contributed by atoms with E-state index < -0.39 is 0 Å². The zero-order valence-electron chi connectivity index (χ0n) is 9.06. The third kappa shape index (κ3) is 1.63. The lowest BCUT2D eigenvalue weighted by Crippen LogP contribution is -2.28. The Morgan fingerprint density at radius 3 is 2.60 bits per heavy atom. The summed E-state index contributed by atoms with van der Waals surface area (Å²) in [5.74, 6) is -0.206. The van der Waals surface area contributed by atoms with E-state index in [1.54, 1.807) is 0 Å². The number of cyclic esters (lactones) is 1. The molecule has 0 spiro atoms. The molecule has 3 nitrogen and oxygen atoms in total. The summed E-state index contributed by atoms with van der Waals surface area (Å²) in [5.41, 5.74) is 1.70. The number of rotatable bonds is 3. The molecule has 0 aromatic heterocycles. The minimum atomic E-state index is -0.206. The molecule has 0 amide bonds. The Hall–Kier alpha value is -1.35. The van der Waals surface area contributed by atoms with Crippen molar-refractivity contribution >= 4 is 5.97 Å². The molecule has 0 fully saturated rings. The lowest BCUT2D eigenvalue weighted by atomic mass is 10.1. The Morgan fingerprint density at radius 2 is 1.93 bits per heavy atom. The molecular formula is C12H15NO2. The van der Waals surface area contributed by atoms with Gasteiger partial charge in [-0.15, -0.1) is 0 Å². The molecule has 0 saturated heterocycles. The van der Waals surface area contributed by atoms with Crippen LogP contribution in [0.3, 0.4) is 0 Å². The molecule has 0 bridgehead atoms. The average molecular weight is 205 g/mol. The average Bonchev–Trinajstić information content (AvgIpc) is 2.60. The lowest BCUT2D eigenvalue weighted by molar-refractivity contribution is -0.0189. The number of benzene rings is 1. The van der Waals surface area contributed by atoms with Gasteiger partial charge in [0.05, 0.1) is 5.56 Å². The van der Waals surface area contributed by atoms with Crippen molar-refractivity contribution in [2.75, 3.05) is 13.1 Å². The second kappa shape index (κ2) is 4.03. The zero-order chi connectivity index (χ0) is 10.8. The number of carbonyl (C=O) groups excluding carboxylic acids is 1. The van der Waals surface area contributed by atoms with Gasteiger partial charge in [-0.1, -0.05) is 32.0 Å². The monoisotopic (exact) mass is 205 g/mol. The number of nitrogens with zero attached hydrogens (tertiary/aromatic N) is 1. The van der Waals surface area contributed by atoms with Crippen LogP contribution in [0.2, 0.25) is 0 Å². The van der Waals surface area contributed by atoms with Gasteiger partial charge >= 0.3 is 5.97 Å². The van der Waals surface area contributed by atoms with Crippen LogP contribution in [0.25, 0.3) is 0 Å². The van der Waals surface area contributed by atoms with Crippen LogP contribution in [0.1, 0.15) is 36.0 Å². The Morgan fingerprint density at radius 1 is 1.27 bits per heavy atom. The molecule has 0 aliphatic carbocycles. The fraction of sp³-hybridized carbons (Fsp3) is 0.417. The Kier molecular flexibility index (Phi) is 2.73. The molecule has 1 aliphatic rings. The first-order chi connectivity index (χ1) is 7.27. The molecule has 1 aromatic rings. The molecule has 1 aromatic carbocycles. The summed E-state index contributed by atoms with van der Waals surface area (Å²) in [5, 5.41) is 0. The van der Waals surface area contributed by atoms with E-state index in [1.807, 2.05) is 24.3 Å². The number of esters is 1. The van der Waals surface area contributed by atoms with Crippen molar-refractivity contribution in [2.45, 2.75) is 20.1 Å². The fourth-order valence-electron chi connectivity index (χ4n) is 1.95. The van der Waals surface area contributed by atoms with E-state index >= 15 is 0 Å². The van der Waals surface area contributed by atoms with Gasteiger partial charge in [0.25, 0.3) is 0 Å². The van der Waals surface area contributed by atoms with E-state index in [4.69, 9.17) is 4.74 Å². The minimum Gasteiger partial charge on any atom is -0.438 e. The highest BCUT2D eigenvalue weighted by atomic mass is 16.6. The highest BCUT2D eigenvalue weighted by molar-refractivity contribution is 5.93. The number of ether oxygens (including phenoxy) is 1. The van der Waals surface area contributed by atoms with E-state index in [9.17, 15) is 4.79 Å². The topological polar surface area (TPSA) is 29.5 Å². The first-order valence-corrected chi connectivity index (χ1v) is 5.31. The molecule has 1 atom stereocenters. The van der Waals surface area contributed by atoms with Crippen molar-refractivity contribution in [3.05, 3.63) is 35.4 Å². The maximum Gasteiger partial charge on any atom is 0.340 e. The van der Waals surface area contributed by atoms with Gasteiger partial charge in [-0.3, -0.25) is 4.90 Å². The van der Waals surface area contributed by atoms with Crippen LogP contribution >= 0.6 is 0 Å². The SMILES string of the molecule is CCN(CC)C1OC(=O)c2ccccc21. The normalized spacial score (nSPS) is 19.1. The first-order valence-electron chi connectivity index (χ1n) is 5.31. The van der Waals surface area contributed by atoms with Crippen molar-refractivity contribution in [2.24, 2.45) is 0 Å². The number of carbonyl (C=O) groups is 1. The third-order valence-electron chi connectivity index (χ3n) is 2.81. The number of hydrogen-bond acceptors (Lipinski definition) is 3. The molecule has 15 heavy (non-hydrogen) atoms. The summed E-state index contributed by atoms with van der Waals surface area (Å²) >= 11 is 0. The van der Waals surface area contributed by atoms with Crippen LogP contribution in [0, 0.1) is 0 Å². The predicted molar refractivity (Wildman–Crippen MR) is 57.5 cm³/mol. The second-order valence-electron chi connectivity index (χ2n) is 3.57. The molecule has 1 unspecified atom stereocenters. The summed E-state index contributed by atoms with van der Waals surface area (Å²) in [4.78, 5) is 13.7. The van der Waals surface area contributed by atoms with Crippen LogP contribution in [0.15, 0.2) is 24.3 Å². The standard InChI is InChI=1S/C12H15NO2/c1-3-13(4-2)11-9-7-5-6-8-10(9)12(14)15-11/h5-8,11H,3-4H2,1-2H3. The molecule has 1 heterocycles. The second-order valence-corrected chi connectivity index (χ2v) is 3.57. The van der Waals surface area contributed by atoms with Crippen molar-refractivity contribution in [1.82, 2.24) is 4.90 Å². The van der Waals surface area contributed by atoms with Gasteiger partial charge in [-0.25, -0.2) is 4.79 Å². The fourth-order valence-corrected chi connectivity index (χ4v) is 1.95. The lowest BCUT2D eigenvalue weighted by Gasteiger charge is -2.24. The Labute approximate surface area is 89.7 Å². The van der Waals surface area contributed by atoms with Gasteiger partial charge < -0.3 is 4.74 Å². The van der Waals surface area contributed by atoms with Gasteiger partial charge in [0.15, 0.2) is 6.23 Å². The van der Waals surface area contributed by atoms with Crippen LogP contribution in [-0.4, -0.2) is 24.0 Å². The molecule has 3 heteroatoms. The van der Waals surface area contributed by atoms with Crippen molar-refractivity contribution in [3.8, 4) is 0 Å². The smallest absolute Gasteiger partial charge is 0.340 e. The van der Waals surface area contributed by atoms with E-state index in [0.717, 1.165) is 18.7 Å². The van der Waals surface area contributed by atoms with E-state index in [2.05, 4.69) is 18.7 Å². The maximum absolute atomic E-state index is 11.6. The van der Waals surface area contributed by atoms with E-state index in [1.165, 1.54) is 0 Å². The van der Waals surface area contributed by atoms with Crippen molar-refractivity contribution < 1.29 is 9.53 Å². The van der Waals surface area contributed by atoms with Gasteiger partial charge in [0, 0.05) is 5.56 Å². The molecule has 0 N–H and O–H groups in total. The molecule has 1 aliphatic heterocycles. The highest BCUT2D eigenvalue weighted by Gasteiger charge is 2.33. The van der Waals surface area contributed by atoms with Gasteiger partial charge in [0.1, 0.15) is 0 Å². The van der Waals surface area contributed by atoms with Crippen LogP contribution in [-0.2, 0) is 4.74 Å². The molecule has 0 saturated carbocycles. The summed E-state index contributed by atoms with van der Waals surface area (Å²) in [7, 11) is 0. The minimum absolute atomic E-state index is 0.191. The van der Waals surface area contributed by atoms with Gasteiger partial charge in [-0.05, 0) is 19.2 Å². The Bertz CT molecular complexity index is 372. The summed E-state index contributed by atoms with van der Waals surface area (Å²) in [6, 6.07) is 7.59. The quantitative estimate of drug-likeness (QED) is 0.708. The van der Waals surface area contributed by atoms with E-state index in [0.29, 0.717) is 5.56 Å². The van der Waals surface area contributed by atoms with Gasteiger partial charge in [0.2, 0.25) is 0 Å². The summed E-state index contributed by atoms with van der Waals surface area (Å²) in [6.07, 6.45) is -0.191. The summed E-state index contributed by atoms with van der Waals surface area (Å²) in [6.45, 7) is 5.89. The number of fused-ring (bicyclic) bond motifs is 1. The van der Waals surface area contributed by atoms with Crippen LogP contribution < -0.4 is 0 Å². The van der Waals surface area contributed by atoms with Crippen LogP contribution in [0.4, 0.5) is 0 Å². The highest BCUT2D eigenvalue weighted by Crippen LogP contribution is 2.32. The molecule has 80 valence electrons. The summed E-state index contributed by atoms with van der Waals surface area (Å²) < 4.78 is 5.36. The first kappa shape index (κ1) is 10.2. The number of hydrogen-bond donors (Lipinski definition) is 0. The molecule has 2 rings (SSSR count). The van der Waals surface area contributed by atoms with Crippen LogP contribution in [0.5, 0.6) is 0 Å². The van der Waals surface area contributed by atoms with Crippen molar-refractivity contribution in [1.29, 1.82) is 0 Å². The predicted octanol–water partition coefficient (Wildman–Crippen LogP) is 2.20. The third-order valence-corrected chi connectivity index (χ3v) is 2.81. The van der Waals surface area contributed by atoms with Crippen molar-refractivity contribution in [3.63, 3.8) is 0 Å². The maximum atomic E-state index is 11.6. The zero-order valence-corrected chi connectivity index (χ0v) is 9.06. The molecular weight excluding hydrogens is 190 g/mol. The largest absolute Gasteiger partial charge is 0.438 e. The Balaban J connectivity index is 2.35. The van der Waals surface area contributed by atoms with E-state index in [-0.39, 0.29) is 12.2 Å².